The average molecular weight is 313 g/mol. The summed E-state index contributed by atoms with van der Waals surface area (Å²) in [5, 5.41) is 0. The monoisotopic (exact) mass is 310 g/mol. The van der Waals surface area contributed by atoms with E-state index in [-0.39, 0.29) is 0 Å². The number of halogens is 1. The van der Waals surface area contributed by atoms with Gasteiger partial charge in [0.2, 0.25) is 0 Å². The van der Waals surface area contributed by atoms with Gasteiger partial charge in [-0.3, -0.25) is 0 Å². The summed E-state index contributed by atoms with van der Waals surface area (Å²) in [5.41, 5.74) is 3.55. The Kier molecular flexibility index (Phi) is 5.67. The molecule has 0 heterocycles. The molecule has 0 spiro atoms. The zero-order valence-corrected chi connectivity index (χ0v) is 13.0. The molecule has 0 atom stereocenters. The molecule has 0 N–H and O–H groups in total. The first kappa shape index (κ1) is 12.5. The molecule has 72 valence electrons. The van der Waals surface area contributed by atoms with Crippen molar-refractivity contribution in [2.45, 2.75) is 0 Å². The normalized spacial score (nSPS) is 9.00. The van der Waals surface area contributed by atoms with Crippen LogP contribution in [0.25, 0.3) is 11.1 Å². The first-order valence-corrected chi connectivity index (χ1v) is 11.6. The summed E-state index contributed by atoms with van der Waals surface area (Å²) >= 11 is 4.25. The van der Waals surface area contributed by atoms with Gasteiger partial charge in [-0.05, 0) is 11.1 Å². The van der Waals surface area contributed by atoms with Gasteiger partial charge in [-0.25, -0.2) is 0 Å². The van der Waals surface area contributed by atoms with Crippen LogP contribution in [0.1, 0.15) is 5.56 Å². The van der Waals surface area contributed by atoms with Gasteiger partial charge in [0.15, 0.2) is 0 Å². The molecular formula is C13H11BrZn. The summed E-state index contributed by atoms with van der Waals surface area (Å²) < 4.78 is 0. The Morgan fingerprint density at radius 1 is 0.733 bits per heavy atom. The maximum absolute atomic E-state index is 3.86. The molecule has 2 rings (SSSR count). The van der Waals surface area contributed by atoms with E-state index in [0.29, 0.717) is 0 Å². The minimum atomic E-state index is 1.06. The van der Waals surface area contributed by atoms with E-state index in [1.807, 2.05) is 30.3 Å². The molecule has 0 saturated carbocycles. The average Bonchev–Trinajstić information content (AvgIpc) is 2.34. The van der Waals surface area contributed by atoms with Crippen LogP contribution in [0, 0.1) is 6.92 Å². The SMILES string of the molecule is [CH2-]c1ccc(-c2ccccc2)cc1.[Zn+][Br]. The zero-order chi connectivity index (χ0) is 11.1. The molecule has 0 aliphatic heterocycles. The molecule has 2 aromatic rings. The van der Waals surface area contributed by atoms with Gasteiger partial charge < -0.3 is 0 Å². The van der Waals surface area contributed by atoms with Gasteiger partial charge in [0.25, 0.3) is 0 Å². The molecule has 0 unspecified atom stereocenters. The number of hydrogen-bond donors (Lipinski definition) is 0. The molecule has 0 aromatic heterocycles. The molecule has 0 fully saturated rings. The van der Waals surface area contributed by atoms with Crippen LogP contribution < -0.4 is 0 Å². The van der Waals surface area contributed by atoms with Crippen molar-refractivity contribution in [2.75, 3.05) is 0 Å². The van der Waals surface area contributed by atoms with Crippen molar-refractivity contribution in [1.82, 2.24) is 0 Å². The Bertz CT molecular complexity index is 381. The third-order valence-electron chi connectivity index (χ3n) is 2.06. The van der Waals surface area contributed by atoms with Crippen LogP contribution >= 0.6 is 13.6 Å². The van der Waals surface area contributed by atoms with Gasteiger partial charge >= 0.3 is 30.0 Å². The Morgan fingerprint density at radius 2 is 1.20 bits per heavy atom. The molecule has 0 amide bonds. The van der Waals surface area contributed by atoms with E-state index in [1.165, 1.54) is 27.5 Å². The molecule has 0 radical (unpaired) electrons. The Balaban J connectivity index is 0.000000531. The predicted octanol–water partition coefficient (Wildman–Crippen LogP) is 4.38. The van der Waals surface area contributed by atoms with Gasteiger partial charge in [0, 0.05) is 0 Å². The number of benzene rings is 2. The first-order chi connectivity index (χ1) is 7.36. The van der Waals surface area contributed by atoms with Crippen LogP contribution in [0.15, 0.2) is 54.6 Å². The summed E-state index contributed by atoms with van der Waals surface area (Å²) in [7, 11) is 0. The van der Waals surface area contributed by atoms with E-state index in [2.05, 4.69) is 44.8 Å². The third-order valence-corrected chi connectivity index (χ3v) is 2.06. The molecule has 2 aromatic carbocycles. The molecule has 0 saturated heterocycles. The van der Waals surface area contributed by atoms with Gasteiger partial charge in [-0.1, -0.05) is 30.3 Å². The molecule has 15 heavy (non-hydrogen) atoms. The third kappa shape index (κ3) is 3.81. The topological polar surface area (TPSA) is 0 Å². The van der Waals surface area contributed by atoms with Crippen LogP contribution in [-0.2, 0) is 16.3 Å². The van der Waals surface area contributed by atoms with Crippen LogP contribution in [0.3, 0.4) is 0 Å². The Hall–Kier alpha value is -0.587. The van der Waals surface area contributed by atoms with Crippen LogP contribution in [0.5, 0.6) is 0 Å². The van der Waals surface area contributed by atoms with Gasteiger partial charge in [-0.2, -0.15) is 24.6 Å². The first-order valence-electron chi connectivity index (χ1n) is 4.60. The van der Waals surface area contributed by atoms with Gasteiger partial charge in [0.1, 0.15) is 0 Å². The second-order valence-corrected chi connectivity index (χ2v) is 3.06. The zero-order valence-electron chi connectivity index (χ0n) is 8.49. The fourth-order valence-corrected chi connectivity index (χ4v) is 1.33. The second-order valence-electron chi connectivity index (χ2n) is 3.06. The summed E-state index contributed by atoms with van der Waals surface area (Å²) in [6.45, 7) is 3.86. The minimum absolute atomic E-state index is 1.06. The van der Waals surface area contributed by atoms with Crippen molar-refractivity contribution in [3.05, 3.63) is 67.1 Å². The van der Waals surface area contributed by atoms with Crippen molar-refractivity contribution in [1.29, 1.82) is 0 Å². The van der Waals surface area contributed by atoms with Gasteiger partial charge in [-0.15, -0.1) is 12.1 Å². The standard InChI is InChI=1S/C13H11.BrH.Zn/c1-11-7-9-13(10-8-11)12-5-3-2-4-6-12;;/h2-10H,1H2;1H;/q-1;;+2/p-1. The molecular weight excluding hydrogens is 301 g/mol. The second kappa shape index (κ2) is 6.82. The summed E-state index contributed by atoms with van der Waals surface area (Å²) in [5.74, 6) is 0. The Labute approximate surface area is 108 Å². The van der Waals surface area contributed by atoms with Crippen molar-refractivity contribution in [2.24, 2.45) is 0 Å². The summed E-state index contributed by atoms with van der Waals surface area (Å²) in [6.07, 6.45) is 0. The fourth-order valence-electron chi connectivity index (χ4n) is 1.33. The Morgan fingerprint density at radius 3 is 1.73 bits per heavy atom. The van der Waals surface area contributed by atoms with E-state index in [1.54, 1.807) is 0 Å². The van der Waals surface area contributed by atoms with E-state index in [0.717, 1.165) is 5.56 Å². The van der Waals surface area contributed by atoms with Crippen molar-refractivity contribution < 1.29 is 16.3 Å². The molecule has 2 heteroatoms. The van der Waals surface area contributed by atoms with Gasteiger partial charge in [0.05, 0.1) is 0 Å². The van der Waals surface area contributed by atoms with Crippen LogP contribution in [0.4, 0.5) is 0 Å². The van der Waals surface area contributed by atoms with E-state index in [9.17, 15) is 0 Å². The number of hydrogen-bond acceptors (Lipinski definition) is 0. The van der Waals surface area contributed by atoms with Crippen LogP contribution in [0.2, 0.25) is 0 Å². The number of rotatable bonds is 1. The van der Waals surface area contributed by atoms with Crippen molar-refractivity contribution in [3.63, 3.8) is 0 Å². The van der Waals surface area contributed by atoms with E-state index in [4.69, 9.17) is 0 Å². The molecule has 0 bridgehead atoms. The molecule has 0 nitrogen and oxygen atoms in total. The molecule has 0 aliphatic carbocycles. The molecule has 0 aliphatic rings. The maximum atomic E-state index is 3.86. The quantitative estimate of drug-likeness (QED) is 0.541. The van der Waals surface area contributed by atoms with E-state index >= 15 is 0 Å². The van der Waals surface area contributed by atoms with Crippen molar-refractivity contribution >= 4 is 13.6 Å². The summed E-state index contributed by atoms with van der Waals surface area (Å²) in [4.78, 5) is 0. The van der Waals surface area contributed by atoms with Crippen molar-refractivity contribution in [3.8, 4) is 11.1 Å². The van der Waals surface area contributed by atoms with Crippen LogP contribution in [-0.4, -0.2) is 0 Å². The summed E-state index contributed by atoms with van der Waals surface area (Å²) in [6, 6.07) is 18.6. The van der Waals surface area contributed by atoms with E-state index < -0.39 is 0 Å². The predicted molar refractivity (Wildman–Crippen MR) is 65.3 cm³/mol. The fraction of sp³-hybridized carbons (Fsp3) is 0.